The van der Waals surface area contributed by atoms with Crippen LogP contribution in [0.15, 0.2) is 12.4 Å². The van der Waals surface area contributed by atoms with E-state index in [1.165, 1.54) is 11.3 Å². The van der Waals surface area contributed by atoms with Gasteiger partial charge in [-0.2, -0.15) is 0 Å². The number of hydrogen-bond donors (Lipinski definition) is 1. The minimum Gasteiger partial charge on any atom is -0.367 e. The van der Waals surface area contributed by atoms with Gasteiger partial charge >= 0.3 is 0 Å². The van der Waals surface area contributed by atoms with Crippen LogP contribution in [0.5, 0.6) is 0 Å². The molecule has 1 saturated heterocycles. The van der Waals surface area contributed by atoms with E-state index in [0.29, 0.717) is 17.2 Å². The molecule has 7 heteroatoms. The number of aromatic nitrogens is 3. The van der Waals surface area contributed by atoms with Crippen molar-refractivity contribution in [3.8, 4) is 0 Å². The topological polar surface area (TPSA) is 77.0 Å². The highest BCUT2D eigenvalue weighted by atomic mass is 32.1. The van der Waals surface area contributed by atoms with Gasteiger partial charge in [0.2, 0.25) is 0 Å². The molecule has 2 aromatic rings. The van der Waals surface area contributed by atoms with Gasteiger partial charge < -0.3 is 10.1 Å². The summed E-state index contributed by atoms with van der Waals surface area (Å²) >= 11 is 1.41. The molecule has 0 spiro atoms. The van der Waals surface area contributed by atoms with Crippen molar-refractivity contribution >= 4 is 17.2 Å². The fourth-order valence-corrected chi connectivity index (χ4v) is 3.67. The van der Waals surface area contributed by atoms with E-state index in [1.807, 2.05) is 20.8 Å². The minimum atomic E-state index is -0.392. The smallest absolute Gasteiger partial charge is 0.263 e. The van der Waals surface area contributed by atoms with E-state index >= 15 is 0 Å². The Bertz CT molecular complexity index is 721. The van der Waals surface area contributed by atoms with E-state index in [-0.39, 0.29) is 5.91 Å². The number of aryl methyl sites for hydroxylation is 2. The monoisotopic (exact) mass is 346 g/mol. The summed E-state index contributed by atoms with van der Waals surface area (Å²) in [5, 5.41) is 3.79. The molecule has 1 aliphatic heterocycles. The lowest BCUT2D eigenvalue weighted by atomic mass is 9.95. The van der Waals surface area contributed by atoms with Gasteiger partial charge in [0.25, 0.3) is 5.91 Å². The van der Waals surface area contributed by atoms with Gasteiger partial charge in [0.15, 0.2) is 5.82 Å². The molecule has 1 atom stereocenters. The molecule has 0 bridgehead atoms. The van der Waals surface area contributed by atoms with Crippen LogP contribution in [0.2, 0.25) is 0 Å². The first-order valence-corrected chi connectivity index (χ1v) is 8.97. The number of hydrogen-bond acceptors (Lipinski definition) is 6. The first-order valence-electron chi connectivity index (χ1n) is 8.15. The molecule has 1 amide bonds. The Hall–Kier alpha value is -1.86. The molecule has 1 unspecified atom stereocenters. The van der Waals surface area contributed by atoms with Crippen molar-refractivity contribution in [1.82, 2.24) is 20.3 Å². The molecule has 1 fully saturated rings. The molecule has 0 radical (unpaired) electrons. The Labute approximate surface area is 145 Å². The second kappa shape index (κ2) is 6.94. The highest BCUT2D eigenvalue weighted by Gasteiger charge is 2.32. The summed E-state index contributed by atoms with van der Waals surface area (Å²) in [4.78, 5) is 26.1. The van der Waals surface area contributed by atoms with Gasteiger partial charge in [-0.1, -0.05) is 0 Å². The molecule has 2 aromatic heterocycles. The molecular formula is C17H22N4O2S. The average Bonchev–Trinajstić information content (AvgIpc) is 2.92. The molecule has 0 aromatic carbocycles. The second-order valence-corrected chi connectivity index (χ2v) is 7.48. The predicted molar refractivity (Wildman–Crippen MR) is 91.9 cm³/mol. The van der Waals surface area contributed by atoms with Crippen LogP contribution in [-0.4, -0.2) is 27.5 Å². The van der Waals surface area contributed by atoms with E-state index in [0.717, 1.165) is 42.1 Å². The quantitative estimate of drug-likeness (QED) is 0.921. The highest BCUT2D eigenvalue weighted by molar-refractivity contribution is 7.13. The number of nitrogens with zero attached hydrogens (tertiary/aromatic N) is 3. The van der Waals surface area contributed by atoms with E-state index < -0.39 is 5.60 Å². The maximum absolute atomic E-state index is 12.2. The van der Waals surface area contributed by atoms with Gasteiger partial charge in [0, 0.05) is 31.1 Å². The van der Waals surface area contributed by atoms with Crippen molar-refractivity contribution in [2.24, 2.45) is 0 Å². The molecule has 0 saturated carbocycles. The summed E-state index contributed by atoms with van der Waals surface area (Å²) in [5.41, 5.74) is 1.24. The van der Waals surface area contributed by atoms with Crippen LogP contribution in [-0.2, 0) is 16.9 Å². The third-order valence-electron chi connectivity index (χ3n) is 4.21. The second-order valence-electron chi connectivity index (χ2n) is 6.28. The number of ether oxygens (including phenoxy) is 1. The summed E-state index contributed by atoms with van der Waals surface area (Å²) in [7, 11) is 0. The zero-order chi connectivity index (χ0) is 17.2. The third kappa shape index (κ3) is 3.62. The van der Waals surface area contributed by atoms with Crippen molar-refractivity contribution in [3.63, 3.8) is 0 Å². The number of carbonyl (C=O) groups excluding carboxylic acids is 1. The van der Waals surface area contributed by atoms with Crippen molar-refractivity contribution in [1.29, 1.82) is 0 Å². The van der Waals surface area contributed by atoms with Crippen LogP contribution in [0, 0.1) is 13.8 Å². The van der Waals surface area contributed by atoms with Crippen LogP contribution in [0.25, 0.3) is 0 Å². The summed E-state index contributed by atoms with van der Waals surface area (Å²) in [6.07, 6.45) is 6.68. The van der Waals surface area contributed by atoms with Crippen molar-refractivity contribution in [3.05, 3.63) is 39.4 Å². The zero-order valence-corrected chi connectivity index (χ0v) is 15.1. The SMILES string of the molecule is Cc1nc(C)c(C(=O)NCc2cnc(C3(C)CCCCO3)nc2)s1. The summed E-state index contributed by atoms with van der Waals surface area (Å²) in [5.74, 6) is 0.607. The lowest BCUT2D eigenvalue weighted by Gasteiger charge is -2.32. The Morgan fingerprint density at radius 1 is 1.33 bits per heavy atom. The largest absolute Gasteiger partial charge is 0.367 e. The first kappa shape index (κ1) is 17.0. The zero-order valence-electron chi connectivity index (χ0n) is 14.3. The Morgan fingerprint density at radius 3 is 2.67 bits per heavy atom. The van der Waals surface area contributed by atoms with Gasteiger partial charge in [-0.3, -0.25) is 4.79 Å². The van der Waals surface area contributed by atoms with Crippen molar-refractivity contribution in [2.75, 3.05) is 6.61 Å². The predicted octanol–water partition coefficient (Wildman–Crippen LogP) is 2.90. The lowest BCUT2D eigenvalue weighted by molar-refractivity contribution is -0.0760. The molecule has 3 heterocycles. The number of nitrogens with one attached hydrogen (secondary N) is 1. The third-order valence-corrected chi connectivity index (χ3v) is 5.28. The van der Waals surface area contributed by atoms with Crippen LogP contribution in [0.4, 0.5) is 0 Å². The number of amides is 1. The maximum atomic E-state index is 12.2. The molecule has 3 rings (SSSR count). The Balaban J connectivity index is 1.62. The first-order chi connectivity index (χ1) is 11.5. The number of rotatable bonds is 4. The van der Waals surface area contributed by atoms with Crippen LogP contribution < -0.4 is 5.32 Å². The Kier molecular flexibility index (Phi) is 4.91. The molecule has 24 heavy (non-hydrogen) atoms. The summed E-state index contributed by atoms with van der Waals surface area (Å²) < 4.78 is 5.86. The van der Waals surface area contributed by atoms with Gasteiger partial charge in [0.1, 0.15) is 10.5 Å². The van der Waals surface area contributed by atoms with Crippen molar-refractivity contribution in [2.45, 2.75) is 52.2 Å². The average molecular weight is 346 g/mol. The molecule has 1 aliphatic rings. The van der Waals surface area contributed by atoms with E-state index in [4.69, 9.17) is 4.74 Å². The van der Waals surface area contributed by atoms with Gasteiger partial charge in [-0.25, -0.2) is 15.0 Å². The summed E-state index contributed by atoms with van der Waals surface area (Å²) in [6, 6.07) is 0. The maximum Gasteiger partial charge on any atom is 0.263 e. The normalized spacial score (nSPS) is 20.8. The van der Waals surface area contributed by atoms with E-state index in [9.17, 15) is 4.79 Å². The van der Waals surface area contributed by atoms with E-state index in [2.05, 4.69) is 20.3 Å². The Morgan fingerprint density at radius 2 is 2.08 bits per heavy atom. The standard InChI is InChI=1S/C17H22N4O2S/c1-11-14(24-12(2)21-11)15(22)18-8-13-9-19-16(20-10-13)17(3)6-4-5-7-23-17/h9-10H,4-8H2,1-3H3,(H,18,22). The van der Waals surface area contributed by atoms with Gasteiger partial charge in [0.05, 0.1) is 10.7 Å². The molecule has 6 nitrogen and oxygen atoms in total. The van der Waals surface area contributed by atoms with Gasteiger partial charge in [-0.05, 0) is 40.0 Å². The summed E-state index contributed by atoms with van der Waals surface area (Å²) in [6.45, 7) is 6.94. The number of carbonyl (C=O) groups is 1. The minimum absolute atomic E-state index is 0.107. The van der Waals surface area contributed by atoms with Crippen LogP contribution in [0.3, 0.4) is 0 Å². The van der Waals surface area contributed by atoms with Gasteiger partial charge in [-0.15, -0.1) is 11.3 Å². The molecular weight excluding hydrogens is 324 g/mol. The molecule has 1 N–H and O–H groups in total. The fourth-order valence-electron chi connectivity index (χ4n) is 2.83. The number of thiazole rings is 1. The molecule has 128 valence electrons. The van der Waals surface area contributed by atoms with E-state index in [1.54, 1.807) is 12.4 Å². The van der Waals surface area contributed by atoms with Crippen molar-refractivity contribution < 1.29 is 9.53 Å². The lowest BCUT2D eigenvalue weighted by Crippen LogP contribution is -2.32. The fraction of sp³-hybridized carbons (Fsp3) is 0.529. The highest BCUT2D eigenvalue weighted by Crippen LogP contribution is 2.32. The van der Waals surface area contributed by atoms with Crippen LogP contribution in [0.1, 0.15) is 57.9 Å². The van der Waals surface area contributed by atoms with Crippen LogP contribution >= 0.6 is 11.3 Å². The molecule has 0 aliphatic carbocycles.